The predicted octanol–water partition coefficient (Wildman–Crippen LogP) is 2.60. The zero-order valence-electron chi connectivity index (χ0n) is 10.2. The lowest BCUT2D eigenvalue weighted by Crippen LogP contribution is -2.10. The van der Waals surface area contributed by atoms with E-state index in [4.69, 9.17) is 15.2 Å². The second kappa shape index (κ2) is 6.67. The van der Waals surface area contributed by atoms with E-state index in [0.717, 1.165) is 17.1 Å². The molecule has 2 N–H and O–H groups in total. The fourth-order valence-electron chi connectivity index (χ4n) is 1.57. The highest BCUT2D eigenvalue weighted by atomic mass is 16.5. The van der Waals surface area contributed by atoms with Crippen LogP contribution in [0.1, 0.15) is 5.56 Å². The molecule has 0 aliphatic heterocycles. The SMILES string of the molecule is NCCOc1cccc(OCc2ccccc2)c1. The molecule has 3 nitrogen and oxygen atoms in total. The van der Waals surface area contributed by atoms with E-state index >= 15 is 0 Å². The van der Waals surface area contributed by atoms with Crippen LogP contribution in [0, 0.1) is 0 Å². The molecule has 3 heteroatoms. The second-order valence-electron chi connectivity index (χ2n) is 3.89. The van der Waals surface area contributed by atoms with Crippen LogP contribution in [0.4, 0.5) is 0 Å². The third-order valence-corrected chi connectivity index (χ3v) is 2.44. The maximum atomic E-state index is 5.70. The van der Waals surface area contributed by atoms with Gasteiger partial charge in [0, 0.05) is 12.6 Å². The van der Waals surface area contributed by atoms with Gasteiger partial charge in [0.25, 0.3) is 0 Å². The van der Waals surface area contributed by atoms with Crippen LogP contribution >= 0.6 is 0 Å². The molecule has 94 valence electrons. The molecule has 0 atom stereocenters. The van der Waals surface area contributed by atoms with Gasteiger partial charge in [-0.1, -0.05) is 36.4 Å². The molecule has 0 aliphatic carbocycles. The van der Waals surface area contributed by atoms with Crippen molar-refractivity contribution in [2.24, 2.45) is 5.73 Å². The summed E-state index contributed by atoms with van der Waals surface area (Å²) in [6.45, 7) is 1.58. The molecule has 2 rings (SSSR count). The summed E-state index contributed by atoms with van der Waals surface area (Å²) >= 11 is 0. The van der Waals surface area contributed by atoms with Gasteiger partial charge in [-0.3, -0.25) is 0 Å². The molecule has 0 spiro atoms. The number of benzene rings is 2. The van der Waals surface area contributed by atoms with E-state index in [2.05, 4.69) is 0 Å². The van der Waals surface area contributed by atoms with E-state index in [9.17, 15) is 0 Å². The summed E-state index contributed by atoms with van der Waals surface area (Å²) in [5, 5.41) is 0. The number of ether oxygens (including phenoxy) is 2. The summed E-state index contributed by atoms with van der Waals surface area (Å²) in [6, 6.07) is 17.7. The summed E-state index contributed by atoms with van der Waals surface area (Å²) in [7, 11) is 0. The fourth-order valence-corrected chi connectivity index (χ4v) is 1.57. The van der Waals surface area contributed by atoms with Gasteiger partial charge in [0.15, 0.2) is 0 Å². The summed E-state index contributed by atoms with van der Waals surface area (Å²) in [4.78, 5) is 0. The third-order valence-electron chi connectivity index (χ3n) is 2.44. The molecule has 0 unspecified atom stereocenters. The van der Waals surface area contributed by atoms with Gasteiger partial charge in [0.2, 0.25) is 0 Å². The van der Waals surface area contributed by atoms with E-state index in [-0.39, 0.29) is 0 Å². The summed E-state index contributed by atoms with van der Waals surface area (Å²) in [5.41, 5.74) is 6.54. The summed E-state index contributed by atoms with van der Waals surface area (Å²) < 4.78 is 11.1. The Bertz CT molecular complexity index is 471. The molecule has 2 aromatic carbocycles. The first-order valence-corrected chi connectivity index (χ1v) is 5.98. The van der Waals surface area contributed by atoms with Crippen LogP contribution in [0.5, 0.6) is 11.5 Å². The van der Waals surface area contributed by atoms with E-state index in [1.165, 1.54) is 0 Å². The Kier molecular flexibility index (Phi) is 4.61. The first-order valence-electron chi connectivity index (χ1n) is 5.98. The van der Waals surface area contributed by atoms with Crippen molar-refractivity contribution in [2.75, 3.05) is 13.2 Å². The minimum absolute atomic E-state index is 0.509. The quantitative estimate of drug-likeness (QED) is 0.848. The van der Waals surface area contributed by atoms with Crippen LogP contribution in [-0.4, -0.2) is 13.2 Å². The first kappa shape index (κ1) is 12.5. The molecule has 0 aromatic heterocycles. The lowest BCUT2D eigenvalue weighted by atomic mass is 10.2. The van der Waals surface area contributed by atoms with Crippen LogP contribution in [-0.2, 0) is 6.61 Å². The Morgan fingerprint density at radius 2 is 1.56 bits per heavy atom. The lowest BCUT2D eigenvalue weighted by Gasteiger charge is -2.09. The van der Waals surface area contributed by atoms with Gasteiger partial charge in [-0.2, -0.15) is 0 Å². The first-order chi connectivity index (χ1) is 8.88. The molecular formula is C15H17NO2. The largest absolute Gasteiger partial charge is 0.492 e. The lowest BCUT2D eigenvalue weighted by molar-refractivity contribution is 0.297. The highest BCUT2D eigenvalue weighted by Crippen LogP contribution is 2.20. The van der Waals surface area contributed by atoms with E-state index in [0.29, 0.717) is 19.8 Å². The van der Waals surface area contributed by atoms with Crippen molar-refractivity contribution in [3.05, 3.63) is 60.2 Å². The molecule has 2 aromatic rings. The fraction of sp³-hybridized carbons (Fsp3) is 0.200. The van der Waals surface area contributed by atoms with Crippen molar-refractivity contribution < 1.29 is 9.47 Å². The maximum Gasteiger partial charge on any atom is 0.123 e. The Labute approximate surface area is 107 Å². The van der Waals surface area contributed by atoms with Crippen molar-refractivity contribution in [2.45, 2.75) is 6.61 Å². The Morgan fingerprint density at radius 1 is 0.833 bits per heavy atom. The summed E-state index contributed by atoms with van der Waals surface area (Å²) in [6.07, 6.45) is 0. The number of nitrogens with two attached hydrogens (primary N) is 1. The minimum Gasteiger partial charge on any atom is -0.492 e. The zero-order valence-corrected chi connectivity index (χ0v) is 10.2. The molecule has 0 saturated heterocycles. The Morgan fingerprint density at radius 3 is 2.28 bits per heavy atom. The predicted molar refractivity (Wildman–Crippen MR) is 71.8 cm³/mol. The van der Waals surface area contributed by atoms with Crippen molar-refractivity contribution in [1.29, 1.82) is 0 Å². The van der Waals surface area contributed by atoms with E-state index in [1.54, 1.807) is 0 Å². The molecule has 0 radical (unpaired) electrons. The number of hydrogen-bond acceptors (Lipinski definition) is 3. The van der Waals surface area contributed by atoms with Crippen molar-refractivity contribution in [3.8, 4) is 11.5 Å². The maximum absolute atomic E-state index is 5.70. The van der Waals surface area contributed by atoms with Crippen LogP contribution in [0.2, 0.25) is 0 Å². The second-order valence-corrected chi connectivity index (χ2v) is 3.89. The van der Waals surface area contributed by atoms with Gasteiger partial charge in [-0.25, -0.2) is 0 Å². The molecule has 0 amide bonds. The zero-order chi connectivity index (χ0) is 12.6. The topological polar surface area (TPSA) is 44.5 Å². The van der Waals surface area contributed by atoms with E-state index in [1.807, 2.05) is 54.6 Å². The Hall–Kier alpha value is -2.00. The highest BCUT2D eigenvalue weighted by molar-refractivity contribution is 5.33. The molecule has 0 fully saturated rings. The molecule has 0 saturated carbocycles. The average molecular weight is 243 g/mol. The van der Waals surface area contributed by atoms with Gasteiger partial charge in [0.05, 0.1) is 0 Å². The molecule has 0 aliphatic rings. The standard InChI is InChI=1S/C15H17NO2/c16-9-10-17-14-7-4-8-15(11-14)18-12-13-5-2-1-3-6-13/h1-8,11H,9-10,12,16H2. The monoisotopic (exact) mass is 243 g/mol. The van der Waals surface area contributed by atoms with Crippen LogP contribution in [0.3, 0.4) is 0 Å². The molecular weight excluding hydrogens is 226 g/mol. The van der Waals surface area contributed by atoms with Crippen molar-refractivity contribution in [3.63, 3.8) is 0 Å². The average Bonchev–Trinajstić information content (AvgIpc) is 2.44. The van der Waals surface area contributed by atoms with E-state index < -0.39 is 0 Å². The summed E-state index contributed by atoms with van der Waals surface area (Å²) in [5.74, 6) is 1.58. The number of hydrogen-bond donors (Lipinski definition) is 1. The molecule has 0 heterocycles. The highest BCUT2D eigenvalue weighted by Gasteiger charge is 1.98. The third kappa shape index (κ3) is 3.79. The van der Waals surface area contributed by atoms with Gasteiger partial charge in [-0.05, 0) is 17.7 Å². The molecule has 18 heavy (non-hydrogen) atoms. The van der Waals surface area contributed by atoms with Crippen LogP contribution < -0.4 is 15.2 Å². The van der Waals surface area contributed by atoms with Gasteiger partial charge in [-0.15, -0.1) is 0 Å². The van der Waals surface area contributed by atoms with Crippen LogP contribution in [0.25, 0.3) is 0 Å². The molecule has 0 bridgehead atoms. The van der Waals surface area contributed by atoms with Gasteiger partial charge in [0.1, 0.15) is 24.7 Å². The van der Waals surface area contributed by atoms with Gasteiger partial charge < -0.3 is 15.2 Å². The van der Waals surface area contributed by atoms with Gasteiger partial charge >= 0.3 is 0 Å². The smallest absolute Gasteiger partial charge is 0.123 e. The van der Waals surface area contributed by atoms with Crippen molar-refractivity contribution in [1.82, 2.24) is 0 Å². The van der Waals surface area contributed by atoms with Crippen molar-refractivity contribution >= 4 is 0 Å². The van der Waals surface area contributed by atoms with Crippen LogP contribution in [0.15, 0.2) is 54.6 Å². The Balaban J connectivity index is 1.93. The number of rotatable bonds is 6. The minimum atomic E-state index is 0.509. The normalized spacial score (nSPS) is 10.1.